The van der Waals surface area contributed by atoms with E-state index < -0.39 is 0 Å². The summed E-state index contributed by atoms with van der Waals surface area (Å²) in [5, 5.41) is 4.18. The molecule has 1 N–H and O–H groups in total. The number of furan rings is 1. The normalized spacial score (nSPS) is 11.3. The number of thioether (sulfide) groups is 1. The first kappa shape index (κ1) is 21.4. The molecular formula is C24H20N4O3S2. The minimum atomic E-state index is -0.163. The average Bonchev–Trinajstić information content (AvgIpc) is 3.48. The van der Waals surface area contributed by atoms with E-state index in [9.17, 15) is 9.59 Å². The second kappa shape index (κ2) is 9.21. The molecule has 33 heavy (non-hydrogen) atoms. The molecule has 5 rings (SSSR count). The zero-order chi connectivity index (χ0) is 22.8. The van der Waals surface area contributed by atoms with E-state index >= 15 is 0 Å². The van der Waals surface area contributed by atoms with Crippen molar-refractivity contribution in [3.05, 3.63) is 88.2 Å². The zero-order valence-electron chi connectivity index (χ0n) is 17.8. The summed E-state index contributed by atoms with van der Waals surface area (Å²) in [4.78, 5) is 35.9. The number of thiophene rings is 1. The number of pyridine rings is 1. The maximum absolute atomic E-state index is 13.5. The van der Waals surface area contributed by atoms with Gasteiger partial charge in [-0.05, 0) is 36.8 Å². The molecule has 0 aliphatic rings. The van der Waals surface area contributed by atoms with Crippen LogP contribution in [0.2, 0.25) is 0 Å². The highest BCUT2D eigenvalue weighted by Crippen LogP contribution is 2.30. The number of nitrogens with zero attached hydrogens (tertiary/aromatic N) is 3. The lowest BCUT2D eigenvalue weighted by Gasteiger charge is -2.12. The monoisotopic (exact) mass is 476 g/mol. The van der Waals surface area contributed by atoms with Crippen LogP contribution in [0.15, 0.2) is 75.4 Å². The largest absolute Gasteiger partial charge is 0.467 e. The van der Waals surface area contributed by atoms with E-state index in [-0.39, 0.29) is 17.2 Å². The molecule has 0 saturated heterocycles. The molecule has 7 nitrogen and oxygen atoms in total. The molecule has 1 amide bonds. The predicted octanol–water partition coefficient (Wildman–Crippen LogP) is 4.36. The van der Waals surface area contributed by atoms with Crippen LogP contribution >= 0.6 is 23.1 Å². The number of amides is 1. The van der Waals surface area contributed by atoms with Crippen LogP contribution in [-0.4, -0.2) is 26.2 Å². The highest BCUT2D eigenvalue weighted by atomic mass is 32.2. The maximum atomic E-state index is 13.5. The maximum Gasteiger partial charge on any atom is 0.272 e. The number of carbonyl (C=O) groups excluding carboxylic acids is 1. The molecule has 166 valence electrons. The second-order valence-corrected chi connectivity index (χ2v) is 9.49. The number of carbonyl (C=O) groups is 1. The molecule has 0 bridgehead atoms. The summed E-state index contributed by atoms with van der Waals surface area (Å²) in [5.41, 5.74) is 2.65. The third-order valence-corrected chi connectivity index (χ3v) is 7.22. The lowest BCUT2D eigenvalue weighted by atomic mass is 10.1. The molecule has 0 fully saturated rings. The predicted molar refractivity (Wildman–Crippen MR) is 131 cm³/mol. The molecule has 0 unspecified atom stereocenters. The van der Waals surface area contributed by atoms with Gasteiger partial charge in [-0.1, -0.05) is 41.6 Å². The van der Waals surface area contributed by atoms with Gasteiger partial charge in [-0.25, -0.2) is 9.97 Å². The molecule has 1 aromatic carbocycles. The highest BCUT2D eigenvalue weighted by molar-refractivity contribution is 7.99. The van der Waals surface area contributed by atoms with Crippen molar-refractivity contribution in [2.45, 2.75) is 25.2 Å². The molecule has 4 aromatic heterocycles. The van der Waals surface area contributed by atoms with E-state index in [1.165, 1.54) is 23.1 Å². The van der Waals surface area contributed by atoms with Crippen molar-refractivity contribution in [1.82, 2.24) is 19.9 Å². The number of fused-ring (bicyclic) bond motifs is 3. The van der Waals surface area contributed by atoms with Crippen LogP contribution in [0.25, 0.3) is 20.4 Å². The van der Waals surface area contributed by atoms with Gasteiger partial charge in [0.2, 0.25) is 5.91 Å². The molecular weight excluding hydrogens is 456 g/mol. The summed E-state index contributed by atoms with van der Waals surface area (Å²) in [7, 11) is 0. The van der Waals surface area contributed by atoms with Gasteiger partial charge in [0, 0.05) is 11.6 Å². The Morgan fingerprint density at radius 3 is 2.82 bits per heavy atom. The van der Waals surface area contributed by atoms with Gasteiger partial charge in [-0.2, -0.15) is 0 Å². The van der Waals surface area contributed by atoms with Gasteiger partial charge in [0.05, 0.1) is 30.6 Å². The minimum absolute atomic E-state index is 0.123. The van der Waals surface area contributed by atoms with E-state index in [0.29, 0.717) is 34.2 Å². The van der Waals surface area contributed by atoms with Gasteiger partial charge in [0.15, 0.2) is 5.16 Å². The Morgan fingerprint density at radius 1 is 1.18 bits per heavy atom. The van der Waals surface area contributed by atoms with E-state index in [1.54, 1.807) is 29.2 Å². The van der Waals surface area contributed by atoms with Crippen LogP contribution in [0.1, 0.15) is 16.9 Å². The third kappa shape index (κ3) is 4.55. The number of aromatic nitrogens is 3. The van der Waals surface area contributed by atoms with Gasteiger partial charge in [0.25, 0.3) is 5.56 Å². The van der Waals surface area contributed by atoms with Crippen LogP contribution in [0.5, 0.6) is 0 Å². The summed E-state index contributed by atoms with van der Waals surface area (Å²) in [6, 6.07) is 15.4. The number of nitrogens with one attached hydrogen (secondary N) is 1. The van der Waals surface area contributed by atoms with Gasteiger partial charge >= 0.3 is 0 Å². The highest BCUT2D eigenvalue weighted by Gasteiger charge is 2.18. The number of aryl methyl sites for hydroxylation is 1. The zero-order valence-corrected chi connectivity index (χ0v) is 19.4. The van der Waals surface area contributed by atoms with Crippen LogP contribution in [0.3, 0.4) is 0 Å². The summed E-state index contributed by atoms with van der Waals surface area (Å²) in [6.45, 7) is 2.71. The van der Waals surface area contributed by atoms with E-state index in [2.05, 4.69) is 10.3 Å². The van der Waals surface area contributed by atoms with Gasteiger partial charge < -0.3 is 9.73 Å². The Kier molecular flexibility index (Phi) is 5.97. The quantitative estimate of drug-likeness (QED) is 0.277. The Morgan fingerprint density at radius 2 is 2.03 bits per heavy atom. The molecule has 0 saturated carbocycles. The molecule has 5 aromatic rings. The summed E-state index contributed by atoms with van der Waals surface area (Å²) >= 11 is 2.60. The Labute approximate surface area is 197 Å². The molecule has 0 aliphatic carbocycles. The first-order valence-corrected chi connectivity index (χ1v) is 12.1. The summed E-state index contributed by atoms with van der Waals surface area (Å²) < 4.78 is 7.47. The lowest BCUT2D eigenvalue weighted by molar-refractivity contribution is -0.118. The van der Waals surface area contributed by atoms with E-state index in [1.807, 2.05) is 43.3 Å². The fourth-order valence-electron chi connectivity index (χ4n) is 3.45. The Bertz CT molecular complexity index is 1490. The van der Waals surface area contributed by atoms with Crippen molar-refractivity contribution in [3.63, 3.8) is 0 Å². The molecule has 4 heterocycles. The van der Waals surface area contributed by atoms with Gasteiger partial charge in [-0.3, -0.25) is 14.2 Å². The first-order valence-electron chi connectivity index (χ1n) is 10.3. The van der Waals surface area contributed by atoms with Crippen molar-refractivity contribution in [1.29, 1.82) is 0 Å². The van der Waals surface area contributed by atoms with E-state index in [0.717, 1.165) is 21.3 Å². The SMILES string of the molecule is Cc1ccc(Cn2c(SCC(=O)NCc3ccco3)nc3c(sc4ncccc43)c2=O)cc1. The number of benzene rings is 1. The molecule has 0 atom stereocenters. The lowest BCUT2D eigenvalue weighted by Crippen LogP contribution is -2.26. The number of hydrogen-bond donors (Lipinski definition) is 1. The molecule has 0 spiro atoms. The van der Waals surface area contributed by atoms with E-state index in [4.69, 9.17) is 9.40 Å². The van der Waals surface area contributed by atoms with Gasteiger partial charge in [-0.15, -0.1) is 11.3 Å². The van der Waals surface area contributed by atoms with Crippen molar-refractivity contribution in [2.24, 2.45) is 0 Å². The third-order valence-electron chi connectivity index (χ3n) is 5.15. The fourth-order valence-corrected chi connectivity index (χ4v) is 5.30. The fraction of sp³-hybridized carbons (Fsp3) is 0.167. The Hall–Kier alpha value is -3.43. The van der Waals surface area contributed by atoms with Gasteiger partial charge in [0.1, 0.15) is 15.3 Å². The van der Waals surface area contributed by atoms with Crippen molar-refractivity contribution in [3.8, 4) is 0 Å². The van der Waals surface area contributed by atoms with Crippen molar-refractivity contribution < 1.29 is 9.21 Å². The molecule has 0 radical (unpaired) electrons. The standard InChI is InChI=1S/C24H20N4O3S2/c1-15-6-8-16(9-7-15)13-28-23(30)21-20(18-5-2-10-25-22(18)33-21)27-24(28)32-14-19(29)26-12-17-4-3-11-31-17/h2-11H,12-14H2,1H3,(H,26,29). The Balaban J connectivity index is 1.48. The van der Waals surface area contributed by atoms with Crippen LogP contribution in [0.4, 0.5) is 0 Å². The van der Waals surface area contributed by atoms with Crippen LogP contribution in [-0.2, 0) is 17.9 Å². The summed E-state index contributed by atoms with van der Waals surface area (Å²) in [5.74, 6) is 0.651. The second-order valence-electron chi connectivity index (χ2n) is 7.55. The van der Waals surface area contributed by atoms with Crippen LogP contribution in [0, 0.1) is 6.92 Å². The molecule has 9 heteroatoms. The average molecular weight is 477 g/mol. The topological polar surface area (TPSA) is 90.0 Å². The first-order chi connectivity index (χ1) is 16.1. The number of hydrogen-bond acceptors (Lipinski definition) is 7. The molecule has 0 aliphatic heterocycles. The van der Waals surface area contributed by atoms with Crippen molar-refractivity contribution in [2.75, 3.05) is 5.75 Å². The van der Waals surface area contributed by atoms with Crippen LogP contribution < -0.4 is 10.9 Å². The minimum Gasteiger partial charge on any atom is -0.467 e. The van der Waals surface area contributed by atoms with Crippen molar-refractivity contribution >= 4 is 49.4 Å². The smallest absolute Gasteiger partial charge is 0.272 e. The number of rotatable bonds is 7. The summed E-state index contributed by atoms with van der Waals surface area (Å²) in [6.07, 6.45) is 3.28.